The van der Waals surface area contributed by atoms with E-state index in [1.807, 2.05) is 0 Å². The van der Waals surface area contributed by atoms with Gasteiger partial charge in [-0.25, -0.2) is 0 Å². The Bertz CT molecular complexity index is 1210. The van der Waals surface area contributed by atoms with Crippen molar-refractivity contribution in [2.75, 3.05) is 6.61 Å². The van der Waals surface area contributed by atoms with E-state index in [1.54, 1.807) is 0 Å². The van der Waals surface area contributed by atoms with Gasteiger partial charge in [0, 0.05) is 11.8 Å². The molecule has 0 N–H and O–H groups in total. The molecule has 2 nitrogen and oxygen atoms in total. The van der Waals surface area contributed by atoms with Crippen LogP contribution in [-0.4, -0.2) is 12.9 Å². The van der Waals surface area contributed by atoms with Gasteiger partial charge < -0.3 is 9.53 Å². The Kier molecular flexibility index (Phi) is 3.89. The number of carbonyl (C=O) groups excluding carboxylic acids is 1. The van der Waals surface area contributed by atoms with E-state index >= 15 is 0 Å². The molecule has 8 rings (SSSR count). The Morgan fingerprint density at radius 1 is 0.912 bits per heavy atom. The lowest BCUT2D eigenvalue weighted by atomic mass is 9.66. The Balaban J connectivity index is 1.25. The predicted molar refractivity (Wildman–Crippen MR) is 134 cm³/mol. The minimum atomic E-state index is 0.0969. The van der Waals surface area contributed by atoms with Crippen LogP contribution >= 0.6 is 0 Å². The molecule has 0 saturated heterocycles. The van der Waals surface area contributed by atoms with Gasteiger partial charge >= 0.3 is 0 Å². The average Bonchev–Trinajstić information content (AvgIpc) is 3.65. The first-order valence-electron chi connectivity index (χ1n) is 13.7. The number of ether oxygens (including phenoxy) is 1. The highest BCUT2D eigenvalue weighted by Gasteiger charge is 2.70. The van der Waals surface area contributed by atoms with E-state index in [0.29, 0.717) is 13.0 Å². The fraction of sp³-hybridized carbons (Fsp3) is 0.531. The summed E-state index contributed by atoms with van der Waals surface area (Å²) < 4.78 is 6.00. The fourth-order valence-electron chi connectivity index (χ4n) is 10.6. The highest BCUT2D eigenvalue weighted by atomic mass is 16.5. The molecule has 8 unspecified atom stereocenters. The molecule has 8 atom stereocenters. The van der Waals surface area contributed by atoms with Crippen molar-refractivity contribution in [1.29, 1.82) is 0 Å². The van der Waals surface area contributed by atoms with Gasteiger partial charge in [-0.3, -0.25) is 0 Å². The SMILES string of the molecule is CCOc1ccc2c(c1)C1(CC3C(C1)C1CC3C3C4C=CC(C4C)C13)c1cc(CC=O)ccc1-2. The standard InChI is InChI=1S/C32H34O2/c1-3-34-19-5-7-23-22-6-4-18(10-11-33)12-28(22)32(29(23)13-19)15-26-24-14-25(27(26)16-32)31-21-9-8-20(17(21)2)30(24)31/h4-9,11-13,17,20-21,24-27,30-31H,3,10,14-16H2,1-2H3. The highest BCUT2D eigenvalue weighted by Crippen LogP contribution is 2.76. The lowest BCUT2D eigenvalue weighted by molar-refractivity contribution is -0.107. The summed E-state index contributed by atoms with van der Waals surface area (Å²) in [6.45, 7) is 5.30. The van der Waals surface area contributed by atoms with E-state index < -0.39 is 0 Å². The van der Waals surface area contributed by atoms with Crippen LogP contribution in [-0.2, 0) is 16.6 Å². The normalized spacial score (nSPS) is 43.3. The number of hydrogen-bond donors (Lipinski definition) is 0. The van der Waals surface area contributed by atoms with E-state index in [9.17, 15) is 4.79 Å². The highest BCUT2D eigenvalue weighted by molar-refractivity contribution is 5.82. The van der Waals surface area contributed by atoms with Crippen molar-refractivity contribution in [2.24, 2.45) is 53.3 Å². The second-order valence-corrected chi connectivity index (χ2v) is 12.3. The molecular weight excluding hydrogens is 416 g/mol. The zero-order valence-corrected chi connectivity index (χ0v) is 20.2. The van der Waals surface area contributed by atoms with E-state index in [2.05, 4.69) is 62.4 Å². The van der Waals surface area contributed by atoms with Crippen LogP contribution in [0.25, 0.3) is 11.1 Å². The summed E-state index contributed by atoms with van der Waals surface area (Å²) in [7, 11) is 0. The minimum Gasteiger partial charge on any atom is -0.494 e. The molecule has 4 bridgehead atoms. The third-order valence-electron chi connectivity index (χ3n) is 11.5. The van der Waals surface area contributed by atoms with Crippen LogP contribution in [0, 0.1) is 53.3 Å². The molecule has 2 aromatic rings. The number of benzene rings is 2. The van der Waals surface area contributed by atoms with Crippen LogP contribution in [0.15, 0.2) is 48.6 Å². The monoisotopic (exact) mass is 450 g/mol. The van der Waals surface area contributed by atoms with Crippen LogP contribution in [0.1, 0.15) is 49.8 Å². The van der Waals surface area contributed by atoms with Crippen LogP contribution in [0.2, 0.25) is 0 Å². The average molecular weight is 451 g/mol. The molecule has 34 heavy (non-hydrogen) atoms. The van der Waals surface area contributed by atoms with Crippen molar-refractivity contribution >= 4 is 6.29 Å². The molecule has 0 radical (unpaired) electrons. The van der Waals surface area contributed by atoms with Crippen LogP contribution in [0.5, 0.6) is 5.75 Å². The molecule has 2 aromatic carbocycles. The van der Waals surface area contributed by atoms with Crippen LogP contribution in [0.4, 0.5) is 0 Å². The minimum absolute atomic E-state index is 0.0969. The largest absolute Gasteiger partial charge is 0.494 e. The zero-order valence-electron chi connectivity index (χ0n) is 20.2. The number of hydrogen-bond acceptors (Lipinski definition) is 2. The van der Waals surface area contributed by atoms with E-state index in [0.717, 1.165) is 65.3 Å². The summed E-state index contributed by atoms with van der Waals surface area (Å²) in [6, 6.07) is 13.7. The Labute approximate surface area is 202 Å². The number of rotatable bonds is 4. The molecular formula is C32H34O2. The van der Waals surface area contributed by atoms with E-state index in [1.165, 1.54) is 47.1 Å². The van der Waals surface area contributed by atoms with Crippen LogP contribution in [0.3, 0.4) is 0 Å². The van der Waals surface area contributed by atoms with Gasteiger partial charge in [-0.1, -0.05) is 43.3 Å². The van der Waals surface area contributed by atoms with Gasteiger partial charge in [-0.15, -0.1) is 0 Å². The predicted octanol–water partition coefficient (Wildman–Crippen LogP) is 6.45. The Hall–Kier alpha value is -2.35. The van der Waals surface area contributed by atoms with Gasteiger partial charge in [0.25, 0.3) is 0 Å². The third kappa shape index (κ3) is 2.22. The first-order valence-corrected chi connectivity index (χ1v) is 13.7. The van der Waals surface area contributed by atoms with Gasteiger partial charge in [-0.2, -0.15) is 0 Å². The summed E-state index contributed by atoms with van der Waals surface area (Å²) >= 11 is 0. The van der Waals surface area contributed by atoms with Crippen molar-refractivity contribution < 1.29 is 9.53 Å². The first kappa shape index (κ1) is 19.9. The number of allylic oxidation sites excluding steroid dienone is 2. The molecule has 6 aliphatic rings. The van der Waals surface area contributed by atoms with E-state index in [4.69, 9.17) is 4.74 Å². The Morgan fingerprint density at radius 3 is 2.21 bits per heavy atom. The second-order valence-electron chi connectivity index (χ2n) is 12.3. The summed E-state index contributed by atoms with van der Waals surface area (Å²) in [4.78, 5) is 11.4. The maximum Gasteiger partial charge on any atom is 0.124 e. The molecule has 6 aliphatic carbocycles. The molecule has 0 heterocycles. The maximum atomic E-state index is 11.4. The molecule has 1 spiro atoms. The smallest absolute Gasteiger partial charge is 0.124 e. The summed E-state index contributed by atoms with van der Waals surface area (Å²) in [5.41, 5.74) is 7.07. The Morgan fingerprint density at radius 2 is 1.56 bits per heavy atom. The fourth-order valence-corrected chi connectivity index (χ4v) is 10.6. The summed E-state index contributed by atoms with van der Waals surface area (Å²) in [6.07, 6.45) is 10.8. The first-order chi connectivity index (χ1) is 16.6. The zero-order chi connectivity index (χ0) is 22.8. The molecule has 174 valence electrons. The molecule has 0 aromatic heterocycles. The van der Waals surface area contributed by atoms with Crippen molar-refractivity contribution in [1.82, 2.24) is 0 Å². The van der Waals surface area contributed by atoms with Crippen molar-refractivity contribution in [3.63, 3.8) is 0 Å². The molecule has 2 heteroatoms. The van der Waals surface area contributed by atoms with Crippen molar-refractivity contribution in [2.45, 2.75) is 44.9 Å². The molecule has 4 saturated carbocycles. The maximum absolute atomic E-state index is 11.4. The second kappa shape index (κ2) is 6.65. The van der Waals surface area contributed by atoms with E-state index in [-0.39, 0.29) is 5.41 Å². The van der Waals surface area contributed by atoms with Gasteiger partial charge in [0.2, 0.25) is 0 Å². The molecule has 0 amide bonds. The summed E-state index contributed by atoms with van der Waals surface area (Å²) in [5, 5.41) is 0. The van der Waals surface area contributed by atoms with Gasteiger partial charge in [-0.05, 0) is 119 Å². The molecule has 4 fully saturated rings. The summed E-state index contributed by atoms with van der Waals surface area (Å²) in [5.74, 6) is 9.01. The lowest BCUT2D eigenvalue weighted by Crippen LogP contribution is -2.34. The number of carbonyl (C=O) groups is 1. The van der Waals surface area contributed by atoms with Gasteiger partial charge in [0.05, 0.1) is 6.61 Å². The van der Waals surface area contributed by atoms with Gasteiger partial charge in [0.1, 0.15) is 12.0 Å². The number of aldehydes is 1. The topological polar surface area (TPSA) is 26.3 Å². The van der Waals surface area contributed by atoms with Crippen molar-refractivity contribution in [3.05, 3.63) is 65.2 Å². The van der Waals surface area contributed by atoms with Gasteiger partial charge in [0.15, 0.2) is 0 Å². The van der Waals surface area contributed by atoms with Crippen LogP contribution < -0.4 is 4.74 Å². The number of fused-ring (bicyclic) bond motifs is 17. The molecule has 0 aliphatic heterocycles. The van der Waals surface area contributed by atoms with Crippen molar-refractivity contribution in [3.8, 4) is 16.9 Å². The third-order valence-corrected chi connectivity index (χ3v) is 11.5. The quantitative estimate of drug-likeness (QED) is 0.304. The lowest BCUT2D eigenvalue weighted by Gasteiger charge is -2.39.